The third-order valence-corrected chi connectivity index (χ3v) is 3.03. The van der Waals surface area contributed by atoms with Crippen LogP contribution < -0.4 is 5.32 Å². The highest BCUT2D eigenvalue weighted by Gasteiger charge is 2.05. The topological polar surface area (TPSA) is 42.2 Å². The molecule has 0 unspecified atom stereocenters. The molecule has 0 aliphatic heterocycles. The number of para-hydroxylation sites is 1. The van der Waals surface area contributed by atoms with Gasteiger partial charge < -0.3 is 5.32 Å². The van der Waals surface area contributed by atoms with E-state index in [2.05, 4.69) is 15.4 Å². The van der Waals surface area contributed by atoms with Crippen LogP contribution in [0.2, 0.25) is 0 Å². The molecule has 0 radical (unpaired) electrons. The number of aromatic nitrogens is 3. The molecule has 0 aliphatic rings. The van der Waals surface area contributed by atoms with Crippen molar-refractivity contribution in [2.45, 2.75) is 5.88 Å². The second kappa shape index (κ2) is 4.66. The van der Waals surface area contributed by atoms with Crippen molar-refractivity contribution in [1.29, 1.82) is 0 Å². The lowest BCUT2D eigenvalue weighted by Gasteiger charge is -2.10. The first-order chi connectivity index (χ1) is 8.88. The number of hydrogen-bond donors (Lipinski definition) is 1. The van der Waals surface area contributed by atoms with Gasteiger partial charge >= 0.3 is 0 Å². The molecule has 0 bridgehead atoms. The van der Waals surface area contributed by atoms with Gasteiger partial charge in [0, 0.05) is 24.0 Å². The number of hydrogen-bond acceptors (Lipinski definition) is 3. The van der Waals surface area contributed by atoms with Crippen molar-refractivity contribution in [1.82, 2.24) is 14.6 Å². The molecule has 0 amide bonds. The molecule has 2 heterocycles. The van der Waals surface area contributed by atoms with Gasteiger partial charge in [-0.2, -0.15) is 5.10 Å². The second-order valence-corrected chi connectivity index (χ2v) is 4.12. The molecule has 0 atom stereocenters. The average Bonchev–Trinajstić information content (AvgIpc) is 2.89. The number of rotatable bonds is 3. The first-order valence-corrected chi connectivity index (χ1v) is 6.11. The quantitative estimate of drug-likeness (QED) is 0.734. The highest BCUT2D eigenvalue weighted by molar-refractivity contribution is 6.17. The minimum Gasteiger partial charge on any atom is -0.338 e. The van der Waals surface area contributed by atoms with Crippen LogP contribution in [0.15, 0.2) is 48.9 Å². The number of anilines is 2. The van der Waals surface area contributed by atoms with Crippen LogP contribution in [-0.2, 0) is 5.88 Å². The smallest absolute Gasteiger partial charge is 0.156 e. The largest absolute Gasteiger partial charge is 0.338 e. The van der Waals surface area contributed by atoms with E-state index in [1.165, 1.54) is 0 Å². The third kappa shape index (κ3) is 1.91. The fraction of sp³-hybridized carbons (Fsp3) is 0.0769. The van der Waals surface area contributed by atoms with Crippen LogP contribution in [0.4, 0.5) is 11.5 Å². The predicted molar refractivity (Wildman–Crippen MR) is 72.3 cm³/mol. The van der Waals surface area contributed by atoms with E-state index >= 15 is 0 Å². The minimum absolute atomic E-state index is 0.464. The minimum atomic E-state index is 0.464. The molecule has 3 aromatic rings. The fourth-order valence-corrected chi connectivity index (χ4v) is 2.07. The van der Waals surface area contributed by atoms with Crippen LogP contribution in [0, 0.1) is 0 Å². The van der Waals surface area contributed by atoms with Gasteiger partial charge in [0.25, 0.3) is 0 Å². The molecule has 90 valence electrons. The lowest BCUT2D eigenvalue weighted by atomic mass is 10.2. The number of alkyl halides is 1. The Hall–Kier alpha value is -2.07. The summed E-state index contributed by atoms with van der Waals surface area (Å²) < 4.78 is 1.78. The summed E-state index contributed by atoms with van der Waals surface area (Å²) in [5.74, 6) is 1.23. The second-order valence-electron chi connectivity index (χ2n) is 3.85. The van der Waals surface area contributed by atoms with Crippen LogP contribution in [0.25, 0.3) is 5.52 Å². The van der Waals surface area contributed by atoms with Crippen molar-refractivity contribution >= 4 is 28.6 Å². The van der Waals surface area contributed by atoms with Crippen molar-refractivity contribution in [3.8, 4) is 0 Å². The molecule has 4 nitrogen and oxygen atoms in total. The summed E-state index contributed by atoms with van der Waals surface area (Å²) in [7, 11) is 0. The third-order valence-electron chi connectivity index (χ3n) is 2.74. The Bertz CT molecular complexity index is 677. The molecular weight excluding hydrogens is 248 g/mol. The van der Waals surface area contributed by atoms with Crippen molar-refractivity contribution in [2.24, 2.45) is 0 Å². The van der Waals surface area contributed by atoms with Crippen LogP contribution in [0.5, 0.6) is 0 Å². The zero-order valence-corrected chi connectivity index (χ0v) is 10.3. The van der Waals surface area contributed by atoms with Gasteiger partial charge in [-0.05, 0) is 17.7 Å². The summed E-state index contributed by atoms with van der Waals surface area (Å²) in [6, 6.07) is 9.83. The van der Waals surface area contributed by atoms with Crippen LogP contribution in [0.3, 0.4) is 0 Å². The van der Waals surface area contributed by atoms with E-state index in [0.717, 1.165) is 22.6 Å². The van der Waals surface area contributed by atoms with E-state index in [-0.39, 0.29) is 0 Å². The van der Waals surface area contributed by atoms with Crippen LogP contribution in [-0.4, -0.2) is 14.6 Å². The van der Waals surface area contributed by atoms with E-state index in [0.29, 0.717) is 5.88 Å². The van der Waals surface area contributed by atoms with Gasteiger partial charge in [-0.25, -0.2) is 9.50 Å². The van der Waals surface area contributed by atoms with Gasteiger partial charge in [-0.15, -0.1) is 11.6 Å². The van der Waals surface area contributed by atoms with Gasteiger partial charge in [0.15, 0.2) is 5.82 Å². The summed E-state index contributed by atoms with van der Waals surface area (Å²) in [4.78, 5) is 4.33. The summed E-state index contributed by atoms with van der Waals surface area (Å²) in [5, 5.41) is 7.47. The molecule has 0 saturated heterocycles. The van der Waals surface area contributed by atoms with Gasteiger partial charge in [-0.3, -0.25) is 0 Å². The van der Waals surface area contributed by atoms with Crippen molar-refractivity contribution in [3.05, 3.63) is 54.5 Å². The Kier molecular flexibility index (Phi) is 2.86. The number of nitrogens with one attached hydrogen (secondary N) is 1. The van der Waals surface area contributed by atoms with E-state index in [1.54, 1.807) is 16.9 Å². The molecule has 18 heavy (non-hydrogen) atoms. The molecule has 2 aromatic heterocycles. The molecule has 1 aromatic carbocycles. The molecule has 5 heteroatoms. The highest BCUT2D eigenvalue weighted by Crippen LogP contribution is 2.23. The van der Waals surface area contributed by atoms with E-state index in [1.807, 2.05) is 36.5 Å². The number of fused-ring (bicyclic) bond motifs is 1. The van der Waals surface area contributed by atoms with Crippen LogP contribution >= 0.6 is 11.6 Å². The lowest BCUT2D eigenvalue weighted by molar-refractivity contribution is 0.948. The molecule has 0 aliphatic carbocycles. The van der Waals surface area contributed by atoms with E-state index in [4.69, 9.17) is 11.6 Å². The normalized spacial score (nSPS) is 10.7. The Labute approximate surface area is 109 Å². The SMILES string of the molecule is ClCc1ccccc1Nc1nccn2nccc12. The Morgan fingerprint density at radius 1 is 1.17 bits per heavy atom. The maximum absolute atomic E-state index is 5.92. The zero-order chi connectivity index (χ0) is 12.4. The van der Waals surface area contributed by atoms with Crippen molar-refractivity contribution < 1.29 is 0 Å². The first kappa shape index (κ1) is 11.0. The molecule has 1 N–H and O–H groups in total. The predicted octanol–water partition coefficient (Wildman–Crippen LogP) is 3.21. The fourth-order valence-electron chi connectivity index (χ4n) is 1.84. The van der Waals surface area contributed by atoms with Gasteiger partial charge in [0.05, 0.1) is 6.20 Å². The Balaban J connectivity index is 2.04. The van der Waals surface area contributed by atoms with Crippen molar-refractivity contribution in [3.63, 3.8) is 0 Å². The molecule has 0 saturated carbocycles. The highest BCUT2D eigenvalue weighted by atomic mass is 35.5. The monoisotopic (exact) mass is 258 g/mol. The van der Waals surface area contributed by atoms with E-state index < -0.39 is 0 Å². The summed E-state index contributed by atoms with van der Waals surface area (Å²) in [6.07, 6.45) is 5.27. The number of benzene rings is 1. The zero-order valence-electron chi connectivity index (χ0n) is 9.55. The Morgan fingerprint density at radius 3 is 2.94 bits per heavy atom. The summed E-state index contributed by atoms with van der Waals surface area (Å²) >= 11 is 5.92. The molecule has 0 spiro atoms. The van der Waals surface area contributed by atoms with Gasteiger partial charge in [0.2, 0.25) is 0 Å². The average molecular weight is 259 g/mol. The lowest BCUT2D eigenvalue weighted by Crippen LogP contribution is -1.99. The summed E-state index contributed by atoms with van der Waals surface area (Å²) in [6.45, 7) is 0. The van der Waals surface area contributed by atoms with Gasteiger partial charge in [0.1, 0.15) is 5.52 Å². The summed E-state index contributed by atoms with van der Waals surface area (Å²) in [5.41, 5.74) is 2.94. The maximum atomic E-state index is 5.92. The number of halogens is 1. The molecule has 3 rings (SSSR count). The van der Waals surface area contributed by atoms with Crippen molar-refractivity contribution in [2.75, 3.05) is 5.32 Å². The van der Waals surface area contributed by atoms with E-state index in [9.17, 15) is 0 Å². The Morgan fingerprint density at radius 2 is 2.06 bits per heavy atom. The van der Waals surface area contributed by atoms with Crippen LogP contribution in [0.1, 0.15) is 5.56 Å². The molecule has 0 fully saturated rings. The number of nitrogens with zero attached hydrogens (tertiary/aromatic N) is 3. The molecular formula is C13H11ClN4. The maximum Gasteiger partial charge on any atom is 0.156 e. The first-order valence-electron chi connectivity index (χ1n) is 5.58. The standard InChI is InChI=1S/C13H11ClN4/c14-9-10-3-1-2-4-11(10)17-13-12-5-6-16-18(12)8-7-15-13/h1-8H,9H2,(H,15,17). The van der Waals surface area contributed by atoms with Gasteiger partial charge in [-0.1, -0.05) is 18.2 Å².